The molecular formula is C64H44N6. The maximum atomic E-state index is 5.32. The highest BCUT2D eigenvalue weighted by Gasteiger charge is 2.23. The van der Waals surface area contributed by atoms with Crippen LogP contribution < -0.4 is 0 Å². The first kappa shape index (κ1) is 41.0. The predicted octanol–water partition coefficient (Wildman–Crippen LogP) is 16.1. The minimum absolute atomic E-state index is 0.590. The van der Waals surface area contributed by atoms with Crippen molar-refractivity contribution in [3.05, 3.63) is 242 Å². The van der Waals surface area contributed by atoms with E-state index in [9.17, 15) is 0 Å². The molecule has 13 rings (SSSR count). The topological polar surface area (TPSA) is 61.4 Å². The zero-order valence-corrected chi connectivity index (χ0v) is 38.6. The summed E-state index contributed by atoms with van der Waals surface area (Å²) >= 11 is 0. The molecule has 0 saturated carbocycles. The van der Waals surface area contributed by atoms with Crippen molar-refractivity contribution in [3.63, 3.8) is 0 Å². The van der Waals surface area contributed by atoms with Gasteiger partial charge in [-0.25, -0.2) is 15.0 Å². The fourth-order valence-corrected chi connectivity index (χ4v) is 10.4. The Morgan fingerprint density at radius 2 is 0.643 bits per heavy atom. The zero-order chi connectivity index (χ0) is 46.7. The van der Waals surface area contributed by atoms with Gasteiger partial charge in [0, 0.05) is 61.0 Å². The van der Waals surface area contributed by atoms with E-state index in [1.807, 2.05) is 36.4 Å². The molecule has 4 aromatic heterocycles. The molecule has 6 heteroatoms. The lowest BCUT2D eigenvalue weighted by Gasteiger charge is -2.20. The summed E-state index contributed by atoms with van der Waals surface area (Å²) in [5.74, 6) is 1.82. The van der Waals surface area contributed by atoms with Crippen LogP contribution in [0.3, 0.4) is 0 Å². The second-order valence-electron chi connectivity index (χ2n) is 18.0. The summed E-state index contributed by atoms with van der Waals surface area (Å²) in [7, 11) is 0. The average Bonchev–Trinajstić information content (AvgIpc) is 3.93. The normalized spacial score (nSPS) is 11.6. The van der Waals surface area contributed by atoms with Crippen LogP contribution in [0.25, 0.3) is 123 Å². The van der Waals surface area contributed by atoms with Crippen LogP contribution in [0.2, 0.25) is 0 Å². The molecule has 0 fully saturated rings. The highest BCUT2D eigenvalue weighted by molar-refractivity contribution is 6.13. The number of aryl methyl sites for hydroxylation is 2. The Balaban J connectivity index is 1.14. The predicted molar refractivity (Wildman–Crippen MR) is 288 cm³/mol. The van der Waals surface area contributed by atoms with Crippen molar-refractivity contribution in [2.75, 3.05) is 0 Å². The van der Waals surface area contributed by atoms with Gasteiger partial charge in [-0.2, -0.15) is 0 Å². The van der Waals surface area contributed by atoms with Crippen molar-refractivity contribution in [2.45, 2.75) is 13.8 Å². The van der Waals surface area contributed by atoms with E-state index >= 15 is 0 Å². The Hall–Kier alpha value is -9.26. The molecule has 0 radical (unpaired) electrons. The Labute approximate surface area is 405 Å². The molecule has 70 heavy (non-hydrogen) atoms. The van der Waals surface area contributed by atoms with Crippen LogP contribution in [-0.2, 0) is 0 Å². The summed E-state index contributed by atoms with van der Waals surface area (Å²) in [6.45, 7) is 4.17. The van der Waals surface area contributed by atoms with E-state index in [1.165, 1.54) is 21.5 Å². The molecule has 0 spiro atoms. The number of aromatic nitrogens is 6. The van der Waals surface area contributed by atoms with Crippen molar-refractivity contribution in [1.82, 2.24) is 29.1 Å². The number of fused-ring (bicyclic) bond motifs is 6. The van der Waals surface area contributed by atoms with Crippen LogP contribution in [0.5, 0.6) is 0 Å². The molecule has 0 saturated heterocycles. The van der Waals surface area contributed by atoms with Gasteiger partial charge in [0.1, 0.15) is 0 Å². The van der Waals surface area contributed by atoms with Crippen LogP contribution >= 0.6 is 0 Å². The fourth-order valence-electron chi connectivity index (χ4n) is 10.4. The van der Waals surface area contributed by atoms with E-state index in [2.05, 4.69) is 217 Å². The lowest BCUT2D eigenvalue weighted by atomic mass is 9.85. The molecule has 330 valence electrons. The highest BCUT2D eigenvalue weighted by atomic mass is 15.0. The second kappa shape index (κ2) is 16.8. The standard InChI is InChI=1S/C64H44N6/c1-41-35-47(36-42(2)65-41)61-53(45-31-33-59-55(37-45)51-27-15-17-29-57(51)69(59)49-23-11-5-12-24-49)39-48(64-67-62(43-19-7-3-8-20-43)66-63(68-64)44-21-9-4-10-22-44)40-54(61)46-32-34-60-56(38-46)52-28-16-18-30-58(52)70(60)50-25-13-6-14-26-50/h3-40H,1-2H3. The van der Waals surface area contributed by atoms with Crippen molar-refractivity contribution < 1.29 is 0 Å². The smallest absolute Gasteiger partial charge is 0.164 e. The largest absolute Gasteiger partial charge is 0.309 e. The molecule has 9 aromatic carbocycles. The molecule has 13 aromatic rings. The molecule has 0 atom stereocenters. The lowest BCUT2D eigenvalue weighted by Crippen LogP contribution is -2.01. The number of hydrogen-bond acceptors (Lipinski definition) is 4. The third-order valence-corrected chi connectivity index (χ3v) is 13.5. The Morgan fingerprint density at radius 1 is 0.271 bits per heavy atom. The second-order valence-corrected chi connectivity index (χ2v) is 18.0. The Kier molecular flexibility index (Phi) is 9.84. The summed E-state index contributed by atoms with van der Waals surface area (Å²) in [5.41, 5.74) is 17.9. The number of rotatable bonds is 8. The van der Waals surface area contributed by atoms with Gasteiger partial charge in [-0.15, -0.1) is 0 Å². The first-order valence-electron chi connectivity index (χ1n) is 23.7. The number of pyridine rings is 1. The summed E-state index contributed by atoms with van der Waals surface area (Å²) in [6.07, 6.45) is 0. The molecule has 0 unspecified atom stereocenters. The molecule has 0 aliphatic carbocycles. The third kappa shape index (κ3) is 7.04. The number of nitrogens with zero attached hydrogens (tertiary/aromatic N) is 6. The first-order valence-corrected chi connectivity index (χ1v) is 23.7. The van der Waals surface area contributed by atoms with Crippen molar-refractivity contribution in [3.8, 4) is 78.9 Å². The van der Waals surface area contributed by atoms with Gasteiger partial charge in [-0.05, 0) is 132 Å². The van der Waals surface area contributed by atoms with Crippen LogP contribution in [0.1, 0.15) is 11.4 Å². The van der Waals surface area contributed by atoms with E-state index in [0.717, 1.165) is 94.9 Å². The van der Waals surface area contributed by atoms with Gasteiger partial charge >= 0.3 is 0 Å². The maximum absolute atomic E-state index is 5.32. The highest BCUT2D eigenvalue weighted by Crippen LogP contribution is 2.46. The summed E-state index contributed by atoms with van der Waals surface area (Å²) in [5, 5.41) is 4.72. The summed E-state index contributed by atoms with van der Waals surface area (Å²) in [4.78, 5) is 20.6. The van der Waals surface area contributed by atoms with E-state index < -0.39 is 0 Å². The van der Waals surface area contributed by atoms with Crippen LogP contribution in [-0.4, -0.2) is 29.1 Å². The third-order valence-electron chi connectivity index (χ3n) is 13.5. The lowest BCUT2D eigenvalue weighted by molar-refractivity contribution is 1.07. The van der Waals surface area contributed by atoms with Crippen LogP contribution in [0.4, 0.5) is 0 Å². The SMILES string of the molecule is Cc1cc(-c2c(-c3ccc4c(c3)c3ccccc3n4-c3ccccc3)cc(-c3nc(-c4ccccc4)nc(-c4ccccc4)n3)cc2-c2ccc3c(c2)c2ccccc2n3-c2ccccc2)cc(C)n1. The number of para-hydroxylation sites is 4. The van der Waals surface area contributed by atoms with Gasteiger partial charge in [0.2, 0.25) is 0 Å². The monoisotopic (exact) mass is 896 g/mol. The summed E-state index contributed by atoms with van der Waals surface area (Å²) in [6, 6.07) is 82.0. The molecule has 0 aliphatic rings. The molecule has 0 amide bonds. The maximum Gasteiger partial charge on any atom is 0.164 e. The quantitative estimate of drug-likeness (QED) is 0.152. The minimum Gasteiger partial charge on any atom is -0.309 e. The van der Waals surface area contributed by atoms with Crippen molar-refractivity contribution >= 4 is 43.6 Å². The molecule has 0 N–H and O–H groups in total. The van der Waals surface area contributed by atoms with E-state index in [0.29, 0.717) is 17.5 Å². The molecular weight excluding hydrogens is 853 g/mol. The van der Waals surface area contributed by atoms with Gasteiger partial charge in [0.15, 0.2) is 17.5 Å². The molecule has 0 aliphatic heterocycles. The van der Waals surface area contributed by atoms with Gasteiger partial charge in [0.05, 0.1) is 22.1 Å². The fraction of sp³-hybridized carbons (Fsp3) is 0.0312. The molecule has 6 nitrogen and oxygen atoms in total. The number of hydrogen-bond donors (Lipinski definition) is 0. The Morgan fingerprint density at radius 3 is 1.09 bits per heavy atom. The van der Waals surface area contributed by atoms with E-state index in [1.54, 1.807) is 0 Å². The van der Waals surface area contributed by atoms with Crippen LogP contribution in [0.15, 0.2) is 231 Å². The van der Waals surface area contributed by atoms with Gasteiger partial charge in [-0.1, -0.05) is 146 Å². The molecule has 4 heterocycles. The molecule has 0 bridgehead atoms. The minimum atomic E-state index is 0.590. The van der Waals surface area contributed by atoms with Gasteiger partial charge in [-0.3, -0.25) is 4.98 Å². The summed E-state index contributed by atoms with van der Waals surface area (Å²) < 4.78 is 4.74. The first-order chi connectivity index (χ1) is 34.5. The van der Waals surface area contributed by atoms with Crippen molar-refractivity contribution in [1.29, 1.82) is 0 Å². The van der Waals surface area contributed by atoms with E-state index in [-0.39, 0.29) is 0 Å². The average molecular weight is 897 g/mol. The number of benzene rings is 9. The zero-order valence-electron chi connectivity index (χ0n) is 38.6. The van der Waals surface area contributed by atoms with Gasteiger partial charge < -0.3 is 9.13 Å². The van der Waals surface area contributed by atoms with E-state index in [4.69, 9.17) is 19.9 Å². The van der Waals surface area contributed by atoms with Crippen LogP contribution in [0, 0.1) is 13.8 Å². The van der Waals surface area contributed by atoms with Gasteiger partial charge in [0.25, 0.3) is 0 Å². The van der Waals surface area contributed by atoms with Crippen molar-refractivity contribution in [2.24, 2.45) is 0 Å². The Bertz CT molecular complexity index is 3860.